The van der Waals surface area contributed by atoms with Crippen molar-refractivity contribution in [1.29, 1.82) is 0 Å². The van der Waals surface area contributed by atoms with Gasteiger partial charge in [-0.1, -0.05) is 0 Å². The number of anilines is 1. The topological polar surface area (TPSA) is 70.1 Å². The van der Waals surface area contributed by atoms with Crippen LogP contribution in [0.2, 0.25) is 0 Å². The molecular weight excluding hydrogens is 302 g/mol. The van der Waals surface area contributed by atoms with Gasteiger partial charge in [-0.2, -0.15) is 8.42 Å². The Morgan fingerprint density at radius 1 is 1.32 bits per heavy atom. The van der Waals surface area contributed by atoms with Crippen molar-refractivity contribution in [3.8, 4) is 0 Å². The summed E-state index contributed by atoms with van der Waals surface area (Å²) in [6.07, 6.45) is 1.63. The Morgan fingerprint density at radius 3 is 2.50 bits per heavy atom. The van der Waals surface area contributed by atoms with Gasteiger partial charge < -0.3 is 9.80 Å². The lowest BCUT2D eigenvalue weighted by atomic mass is 10.3. The lowest BCUT2D eigenvalue weighted by Gasteiger charge is -2.16. The van der Waals surface area contributed by atoms with Gasteiger partial charge in [0, 0.05) is 39.2 Å². The number of rotatable bonds is 4. The monoisotopic (exact) mass is 323 g/mol. The zero-order valence-corrected chi connectivity index (χ0v) is 13.9. The van der Waals surface area contributed by atoms with Crippen LogP contribution in [0.3, 0.4) is 0 Å². The molecule has 1 aromatic carbocycles. The van der Waals surface area contributed by atoms with Crippen LogP contribution >= 0.6 is 0 Å². The maximum atomic E-state index is 12.4. The van der Waals surface area contributed by atoms with E-state index >= 15 is 0 Å². The minimum atomic E-state index is -3.71. The molecule has 22 heavy (non-hydrogen) atoms. The molecule has 0 bridgehead atoms. The Labute approximate surface area is 131 Å². The largest absolute Gasteiger partial charge is 0.360 e. The lowest BCUT2D eigenvalue weighted by molar-refractivity contribution is -0.116. The lowest BCUT2D eigenvalue weighted by Crippen LogP contribution is -2.25. The molecule has 0 aliphatic carbocycles. The van der Waals surface area contributed by atoms with Crippen molar-refractivity contribution >= 4 is 27.5 Å². The Kier molecular flexibility index (Phi) is 4.85. The molecule has 0 saturated carbocycles. The molecule has 1 amide bonds. The molecular formula is C15H21N3O3S. The molecule has 0 radical (unpaired) electrons. The number of carbonyl (C=O) groups is 1. The van der Waals surface area contributed by atoms with Gasteiger partial charge in [0.15, 0.2) is 0 Å². The molecule has 0 spiro atoms. The van der Waals surface area contributed by atoms with Gasteiger partial charge in [0.2, 0.25) is 5.91 Å². The molecule has 0 N–H and O–H groups in total. The molecule has 1 aromatic rings. The third kappa shape index (κ3) is 3.47. The summed E-state index contributed by atoms with van der Waals surface area (Å²) < 4.78 is 28.7. The minimum absolute atomic E-state index is 0.111. The molecule has 0 aromatic heterocycles. The molecule has 1 aliphatic heterocycles. The number of amides is 1. The summed E-state index contributed by atoms with van der Waals surface area (Å²) >= 11 is 0. The van der Waals surface area contributed by atoms with E-state index < -0.39 is 10.0 Å². The Balaban J connectivity index is 2.27. The van der Waals surface area contributed by atoms with E-state index in [0.717, 1.165) is 19.5 Å². The SMILES string of the molecule is CCN1CCC/C1=N\S(=O)(=O)c1ccc(N(C)C(C)=O)cc1. The molecule has 7 heteroatoms. The van der Waals surface area contributed by atoms with E-state index in [4.69, 9.17) is 0 Å². The van der Waals surface area contributed by atoms with Gasteiger partial charge in [0.25, 0.3) is 10.0 Å². The summed E-state index contributed by atoms with van der Waals surface area (Å²) in [5.74, 6) is 0.521. The van der Waals surface area contributed by atoms with Crippen LogP contribution < -0.4 is 4.90 Å². The highest BCUT2D eigenvalue weighted by Gasteiger charge is 2.21. The van der Waals surface area contributed by atoms with Gasteiger partial charge in [0.05, 0.1) is 4.90 Å². The molecule has 1 aliphatic rings. The Morgan fingerprint density at radius 2 is 1.95 bits per heavy atom. The molecule has 1 saturated heterocycles. The van der Waals surface area contributed by atoms with E-state index in [9.17, 15) is 13.2 Å². The first-order chi connectivity index (χ1) is 10.3. The van der Waals surface area contributed by atoms with Crippen molar-refractivity contribution in [3.05, 3.63) is 24.3 Å². The van der Waals surface area contributed by atoms with Crippen LogP contribution in [0.5, 0.6) is 0 Å². The highest BCUT2D eigenvalue weighted by atomic mass is 32.2. The number of amidine groups is 1. The fourth-order valence-electron chi connectivity index (χ4n) is 2.37. The summed E-state index contributed by atoms with van der Waals surface area (Å²) in [6, 6.07) is 6.19. The van der Waals surface area contributed by atoms with Gasteiger partial charge in [-0.15, -0.1) is 4.40 Å². The smallest absolute Gasteiger partial charge is 0.283 e. The van der Waals surface area contributed by atoms with Crippen molar-refractivity contribution in [2.24, 2.45) is 4.40 Å². The zero-order valence-electron chi connectivity index (χ0n) is 13.1. The standard InChI is InChI=1S/C15H21N3O3S/c1-4-18-11-5-6-15(18)16-22(20,21)14-9-7-13(8-10-14)17(3)12(2)19/h7-10H,4-6,11H2,1-3H3/b16-15+. The first-order valence-electron chi connectivity index (χ1n) is 7.28. The van der Waals surface area contributed by atoms with Gasteiger partial charge in [0.1, 0.15) is 5.84 Å². The first-order valence-corrected chi connectivity index (χ1v) is 8.72. The number of likely N-dealkylation sites (tertiary alicyclic amines) is 1. The van der Waals surface area contributed by atoms with E-state index in [1.807, 2.05) is 11.8 Å². The molecule has 0 unspecified atom stereocenters. The average Bonchev–Trinajstić information content (AvgIpc) is 2.93. The second kappa shape index (κ2) is 6.48. The van der Waals surface area contributed by atoms with Gasteiger partial charge in [-0.05, 0) is 37.6 Å². The van der Waals surface area contributed by atoms with Crippen LogP contribution in [-0.2, 0) is 14.8 Å². The second-order valence-corrected chi connectivity index (χ2v) is 6.84. The average molecular weight is 323 g/mol. The third-order valence-corrected chi connectivity index (χ3v) is 5.11. The maximum Gasteiger partial charge on any atom is 0.283 e. The zero-order chi connectivity index (χ0) is 16.3. The van der Waals surface area contributed by atoms with Crippen molar-refractivity contribution in [3.63, 3.8) is 0 Å². The fraction of sp³-hybridized carbons (Fsp3) is 0.467. The molecule has 0 atom stereocenters. The molecule has 6 nitrogen and oxygen atoms in total. The van der Waals surface area contributed by atoms with Crippen molar-refractivity contribution in [1.82, 2.24) is 4.90 Å². The number of sulfonamides is 1. The quantitative estimate of drug-likeness (QED) is 0.848. The maximum absolute atomic E-state index is 12.4. The van der Waals surface area contributed by atoms with E-state index in [0.29, 0.717) is 17.9 Å². The predicted octanol–water partition coefficient (Wildman–Crippen LogP) is 1.87. The molecule has 2 rings (SSSR count). The third-order valence-electron chi connectivity index (χ3n) is 3.79. The van der Waals surface area contributed by atoms with Crippen molar-refractivity contribution in [2.75, 3.05) is 25.0 Å². The second-order valence-electron chi connectivity index (χ2n) is 5.24. The highest BCUT2D eigenvalue weighted by Crippen LogP contribution is 2.21. The summed E-state index contributed by atoms with van der Waals surface area (Å²) in [5.41, 5.74) is 0.648. The molecule has 1 fully saturated rings. The highest BCUT2D eigenvalue weighted by molar-refractivity contribution is 7.90. The number of carbonyl (C=O) groups excluding carboxylic acids is 1. The first kappa shape index (κ1) is 16.5. The van der Waals surface area contributed by atoms with Crippen LogP contribution in [0, 0.1) is 0 Å². The van der Waals surface area contributed by atoms with Gasteiger partial charge >= 0.3 is 0 Å². The van der Waals surface area contributed by atoms with Crippen LogP contribution in [0.1, 0.15) is 26.7 Å². The normalized spacial score (nSPS) is 17.0. The molecule has 120 valence electrons. The van der Waals surface area contributed by atoms with Crippen LogP contribution in [0.25, 0.3) is 0 Å². The number of hydrogen-bond acceptors (Lipinski definition) is 3. The Bertz CT molecular complexity index is 680. The number of benzene rings is 1. The summed E-state index contributed by atoms with van der Waals surface area (Å²) in [5, 5.41) is 0. The van der Waals surface area contributed by atoms with E-state index in [2.05, 4.69) is 4.40 Å². The number of nitrogens with zero attached hydrogens (tertiary/aromatic N) is 3. The van der Waals surface area contributed by atoms with Crippen LogP contribution in [-0.4, -0.2) is 45.2 Å². The van der Waals surface area contributed by atoms with Crippen molar-refractivity contribution in [2.45, 2.75) is 31.6 Å². The molecule has 1 heterocycles. The van der Waals surface area contributed by atoms with E-state index in [1.54, 1.807) is 19.2 Å². The Hall–Kier alpha value is -1.89. The fourth-order valence-corrected chi connectivity index (χ4v) is 3.44. The van der Waals surface area contributed by atoms with Crippen LogP contribution in [0.4, 0.5) is 5.69 Å². The summed E-state index contributed by atoms with van der Waals surface area (Å²) in [6.45, 7) is 5.06. The predicted molar refractivity (Wildman–Crippen MR) is 86.6 cm³/mol. The minimum Gasteiger partial charge on any atom is -0.360 e. The van der Waals surface area contributed by atoms with Crippen LogP contribution in [0.15, 0.2) is 33.6 Å². The van der Waals surface area contributed by atoms with E-state index in [-0.39, 0.29) is 10.8 Å². The summed E-state index contributed by atoms with van der Waals surface area (Å²) in [4.78, 5) is 14.9. The number of hydrogen-bond donors (Lipinski definition) is 0. The summed E-state index contributed by atoms with van der Waals surface area (Å²) in [7, 11) is -2.06. The van der Waals surface area contributed by atoms with Gasteiger partial charge in [-0.3, -0.25) is 4.79 Å². The van der Waals surface area contributed by atoms with Crippen molar-refractivity contribution < 1.29 is 13.2 Å². The van der Waals surface area contributed by atoms with E-state index in [1.165, 1.54) is 24.0 Å². The van der Waals surface area contributed by atoms with Gasteiger partial charge in [-0.25, -0.2) is 0 Å².